The van der Waals surface area contributed by atoms with Crippen LogP contribution in [0.4, 0.5) is 10.8 Å². The lowest BCUT2D eigenvalue weighted by Crippen LogP contribution is -2.13. The molecule has 2 aromatic heterocycles. The number of thiazole rings is 1. The minimum absolute atomic E-state index is 0.165. The number of ether oxygens (including phenoxy) is 1. The van der Waals surface area contributed by atoms with Crippen molar-refractivity contribution in [3.8, 4) is 5.75 Å². The van der Waals surface area contributed by atoms with Crippen LogP contribution in [0.5, 0.6) is 5.75 Å². The first-order chi connectivity index (χ1) is 15.4. The number of aromatic nitrogens is 1. The molecule has 0 aliphatic heterocycles. The molecule has 1 amide bonds. The third-order valence-electron chi connectivity index (χ3n) is 4.15. The summed E-state index contributed by atoms with van der Waals surface area (Å²) in [5.74, 6) is 0.820. The van der Waals surface area contributed by atoms with E-state index in [-0.39, 0.29) is 15.9 Å². The number of benzene rings is 2. The summed E-state index contributed by atoms with van der Waals surface area (Å²) in [4.78, 5) is 17.6. The van der Waals surface area contributed by atoms with Crippen molar-refractivity contribution in [2.24, 2.45) is 0 Å². The van der Waals surface area contributed by atoms with Crippen LogP contribution in [-0.4, -0.2) is 31.7 Å². The predicted molar refractivity (Wildman–Crippen MR) is 132 cm³/mol. The van der Waals surface area contributed by atoms with E-state index in [9.17, 15) is 13.2 Å². The summed E-state index contributed by atoms with van der Waals surface area (Å²) in [5.41, 5.74) is 1.27. The molecule has 0 aliphatic rings. The summed E-state index contributed by atoms with van der Waals surface area (Å²) in [6, 6.07) is 15.8. The fourth-order valence-corrected chi connectivity index (χ4v) is 6.42. The third-order valence-corrected chi connectivity index (χ3v) is 8.88. The number of thioether (sulfide) groups is 1. The highest BCUT2D eigenvalue weighted by atomic mass is 32.2. The maximum atomic E-state index is 12.3. The van der Waals surface area contributed by atoms with E-state index in [1.807, 2.05) is 25.1 Å². The molecule has 0 radical (unpaired) electrons. The first-order valence-corrected chi connectivity index (χ1v) is 13.7. The summed E-state index contributed by atoms with van der Waals surface area (Å²) in [6.07, 6.45) is 0. The fraction of sp³-hybridized carbons (Fsp3) is 0.143. The number of rotatable bonds is 9. The van der Waals surface area contributed by atoms with Crippen LogP contribution in [0.15, 0.2) is 69.1 Å². The van der Waals surface area contributed by atoms with E-state index in [0.29, 0.717) is 17.4 Å². The van der Waals surface area contributed by atoms with Crippen LogP contribution in [0, 0.1) is 0 Å². The largest absolute Gasteiger partial charge is 0.494 e. The van der Waals surface area contributed by atoms with E-state index in [0.717, 1.165) is 32.2 Å². The molecular formula is C21H19N3O4S4. The van der Waals surface area contributed by atoms with Crippen LogP contribution in [-0.2, 0) is 14.8 Å². The molecule has 0 spiro atoms. The highest BCUT2D eigenvalue weighted by Gasteiger charge is 2.15. The fourth-order valence-electron chi connectivity index (χ4n) is 2.76. The second-order valence-corrected chi connectivity index (χ2v) is 11.4. The molecule has 0 saturated carbocycles. The van der Waals surface area contributed by atoms with E-state index >= 15 is 0 Å². The van der Waals surface area contributed by atoms with Crippen molar-refractivity contribution < 1.29 is 17.9 Å². The van der Waals surface area contributed by atoms with Gasteiger partial charge in [0.1, 0.15) is 9.96 Å². The van der Waals surface area contributed by atoms with Crippen molar-refractivity contribution in [2.75, 3.05) is 22.4 Å². The van der Waals surface area contributed by atoms with Gasteiger partial charge in [0.25, 0.3) is 10.0 Å². The summed E-state index contributed by atoms with van der Waals surface area (Å²) < 4.78 is 33.8. The van der Waals surface area contributed by atoms with Crippen molar-refractivity contribution in [3.63, 3.8) is 0 Å². The zero-order chi connectivity index (χ0) is 22.6. The van der Waals surface area contributed by atoms with E-state index in [1.165, 1.54) is 23.1 Å². The van der Waals surface area contributed by atoms with Gasteiger partial charge < -0.3 is 10.1 Å². The lowest BCUT2D eigenvalue weighted by atomic mass is 10.3. The summed E-state index contributed by atoms with van der Waals surface area (Å²) in [6.45, 7) is 2.52. The van der Waals surface area contributed by atoms with Crippen LogP contribution in [0.3, 0.4) is 0 Å². The van der Waals surface area contributed by atoms with Crippen molar-refractivity contribution in [2.45, 2.75) is 16.0 Å². The number of sulfonamides is 1. The first kappa shape index (κ1) is 22.6. The van der Waals surface area contributed by atoms with Crippen LogP contribution in [0.25, 0.3) is 10.2 Å². The zero-order valence-corrected chi connectivity index (χ0v) is 20.2. The molecule has 4 rings (SSSR count). The van der Waals surface area contributed by atoms with Crippen LogP contribution < -0.4 is 14.8 Å². The number of hydrogen-bond acceptors (Lipinski definition) is 8. The Hall–Kier alpha value is -2.60. The lowest BCUT2D eigenvalue weighted by Gasteiger charge is -2.07. The van der Waals surface area contributed by atoms with Gasteiger partial charge in [-0.25, -0.2) is 13.4 Å². The number of thiophene rings is 1. The van der Waals surface area contributed by atoms with Gasteiger partial charge in [-0.15, -0.1) is 23.1 Å². The van der Waals surface area contributed by atoms with E-state index < -0.39 is 10.0 Å². The number of carbonyl (C=O) groups excluding carboxylic acids is 1. The summed E-state index contributed by atoms with van der Waals surface area (Å²) in [5, 5.41) is 5.08. The normalized spacial score (nSPS) is 11.4. The second kappa shape index (κ2) is 9.90. The first-order valence-electron chi connectivity index (χ1n) is 9.55. The van der Waals surface area contributed by atoms with Gasteiger partial charge in [-0.3, -0.25) is 9.52 Å². The molecule has 0 saturated heterocycles. The van der Waals surface area contributed by atoms with Gasteiger partial charge in [0, 0.05) is 10.6 Å². The molecule has 11 heteroatoms. The summed E-state index contributed by atoms with van der Waals surface area (Å²) in [7, 11) is -3.58. The van der Waals surface area contributed by atoms with E-state index in [2.05, 4.69) is 15.0 Å². The molecule has 2 N–H and O–H groups in total. The minimum Gasteiger partial charge on any atom is -0.494 e. The molecule has 0 unspecified atom stereocenters. The number of fused-ring (bicyclic) bond motifs is 1. The molecule has 0 bridgehead atoms. The quantitative estimate of drug-likeness (QED) is 0.300. The van der Waals surface area contributed by atoms with Crippen LogP contribution in [0.2, 0.25) is 0 Å². The van der Waals surface area contributed by atoms with Gasteiger partial charge in [0.05, 0.1) is 22.6 Å². The topological polar surface area (TPSA) is 97.4 Å². The minimum atomic E-state index is -3.58. The smallest absolute Gasteiger partial charge is 0.271 e. The molecule has 2 heterocycles. The summed E-state index contributed by atoms with van der Waals surface area (Å²) >= 11 is 3.91. The van der Waals surface area contributed by atoms with Crippen molar-refractivity contribution >= 4 is 71.4 Å². The van der Waals surface area contributed by atoms with Gasteiger partial charge in [-0.2, -0.15) is 0 Å². The van der Waals surface area contributed by atoms with Crippen molar-refractivity contribution in [3.05, 3.63) is 60.0 Å². The number of nitrogens with zero attached hydrogens (tertiary/aromatic N) is 1. The molecule has 32 heavy (non-hydrogen) atoms. The molecule has 0 fully saturated rings. The Balaban J connectivity index is 1.31. The Kier molecular flexibility index (Phi) is 6.99. The van der Waals surface area contributed by atoms with E-state index in [1.54, 1.807) is 41.8 Å². The van der Waals surface area contributed by atoms with Crippen molar-refractivity contribution in [1.82, 2.24) is 4.98 Å². The Morgan fingerprint density at radius 3 is 2.69 bits per heavy atom. The molecule has 4 aromatic rings. The maximum Gasteiger partial charge on any atom is 0.271 e. The zero-order valence-electron chi connectivity index (χ0n) is 16.9. The highest BCUT2D eigenvalue weighted by molar-refractivity contribution is 8.00. The van der Waals surface area contributed by atoms with Gasteiger partial charge in [0.2, 0.25) is 5.91 Å². The van der Waals surface area contributed by atoms with Crippen LogP contribution in [0.1, 0.15) is 6.92 Å². The van der Waals surface area contributed by atoms with Crippen LogP contribution >= 0.6 is 34.4 Å². The Bertz CT molecular complexity index is 1320. The highest BCUT2D eigenvalue weighted by Crippen LogP contribution is 2.30. The standard InChI is InChI=1S/C21H19N3O4S4/c1-2-28-15-7-10-17-18(12-15)31-21(22-17)23-19(25)13-30-16-8-5-14(6-9-16)24-32(26,27)20-4-3-11-29-20/h3-12,24H,2,13H2,1H3,(H,22,23,25). The number of anilines is 2. The second-order valence-electron chi connectivity index (χ2n) is 6.48. The molecule has 0 atom stereocenters. The number of nitrogens with one attached hydrogen (secondary N) is 2. The Morgan fingerprint density at radius 1 is 1.16 bits per heavy atom. The lowest BCUT2D eigenvalue weighted by molar-refractivity contribution is -0.113. The number of amides is 1. The van der Waals surface area contributed by atoms with Gasteiger partial charge >= 0.3 is 0 Å². The molecule has 2 aromatic carbocycles. The number of carbonyl (C=O) groups is 1. The number of hydrogen-bond donors (Lipinski definition) is 2. The van der Waals surface area contributed by atoms with Gasteiger partial charge in [-0.05, 0) is 60.8 Å². The van der Waals surface area contributed by atoms with Gasteiger partial charge in [-0.1, -0.05) is 17.4 Å². The van der Waals surface area contributed by atoms with Gasteiger partial charge in [0.15, 0.2) is 5.13 Å². The molecule has 166 valence electrons. The predicted octanol–water partition coefficient (Wildman–Crippen LogP) is 5.29. The monoisotopic (exact) mass is 505 g/mol. The van der Waals surface area contributed by atoms with E-state index in [4.69, 9.17) is 4.74 Å². The average molecular weight is 506 g/mol. The molecular weight excluding hydrogens is 487 g/mol. The SMILES string of the molecule is CCOc1ccc2nc(NC(=O)CSc3ccc(NS(=O)(=O)c4cccs4)cc3)sc2c1. The Labute approximate surface area is 197 Å². The Morgan fingerprint density at radius 2 is 1.97 bits per heavy atom. The average Bonchev–Trinajstić information content (AvgIpc) is 3.43. The third kappa shape index (κ3) is 5.60. The maximum absolute atomic E-state index is 12.3. The molecule has 0 aliphatic carbocycles. The molecule has 7 nitrogen and oxygen atoms in total. The van der Waals surface area contributed by atoms with Crippen molar-refractivity contribution in [1.29, 1.82) is 0 Å².